The molecule has 0 aromatic heterocycles. The van der Waals surface area contributed by atoms with Crippen molar-refractivity contribution in [1.82, 2.24) is 4.90 Å². The average Bonchev–Trinajstić information content (AvgIpc) is 3.14. The van der Waals surface area contributed by atoms with Crippen LogP contribution in [0.1, 0.15) is 37.5 Å². The molecule has 192 valence electrons. The molecule has 0 bridgehead atoms. The molecule has 1 aliphatic rings. The Morgan fingerprint density at radius 1 is 1.00 bits per heavy atom. The Hall–Kier alpha value is -3.22. The third-order valence-electron chi connectivity index (χ3n) is 5.57. The molecule has 1 fully saturated rings. The summed E-state index contributed by atoms with van der Waals surface area (Å²) < 4.78 is 11.9. The van der Waals surface area contributed by atoms with Crippen LogP contribution < -0.4 is 9.47 Å². The lowest BCUT2D eigenvalue weighted by molar-refractivity contribution is -0.122. The lowest BCUT2D eigenvalue weighted by Gasteiger charge is -2.17. The Morgan fingerprint density at radius 3 is 2.41 bits per heavy atom. The number of aryl methyl sites for hydroxylation is 1. The number of rotatable bonds is 9. The molecule has 1 amide bonds. The number of halogens is 1. The third kappa shape index (κ3) is 7.18. The maximum absolute atomic E-state index is 13.4. The minimum atomic E-state index is -0.0365. The van der Waals surface area contributed by atoms with Crippen molar-refractivity contribution in [1.29, 1.82) is 0 Å². The summed E-state index contributed by atoms with van der Waals surface area (Å²) in [5.41, 5.74) is 3.87. The molecule has 1 saturated heterocycles. The highest BCUT2D eigenvalue weighted by molar-refractivity contribution is 8.18. The van der Waals surface area contributed by atoms with Gasteiger partial charge in [0.25, 0.3) is 5.91 Å². The van der Waals surface area contributed by atoms with E-state index < -0.39 is 0 Å². The molecule has 0 unspecified atom stereocenters. The van der Waals surface area contributed by atoms with Gasteiger partial charge in [-0.3, -0.25) is 9.69 Å². The molecular formula is C30H31ClN2O3S. The number of carbonyl (C=O) groups is 1. The maximum Gasteiger partial charge on any atom is 0.266 e. The highest BCUT2D eigenvalue weighted by Crippen LogP contribution is 2.36. The molecule has 0 N–H and O–H groups in total. The van der Waals surface area contributed by atoms with Gasteiger partial charge in [-0.1, -0.05) is 61.3 Å². The maximum atomic E-state index is 13.4. The fraction of sp³-hybridized carbons (Fsp3) is 0.267. The van der Waals surface area contributed by atoms with Crippen LogP contribution in [-0.2, 0) is 11.4 Å². The van der Waals surface area contributed by atoms with Gasteiger partial charge in [-0.25, -0.2) is 4.99 Å². The van der Waals surface area contributed by atoms with Gasteiger partial charge in [-0.05, 0) is 85.1 Å². The van der Waals surface area contributed by atoms with Crippen molar-refractivity contribution in [3.05, 3.63) is 93.3 Å². The van der Waals surface area contributed by atoms with Crippen LogP contribution in [0.25, 0.3) is 6.08 Å². The Balaban J connectivity index is 1.58. The predicted octanol–water partition coefficient (Wildman–Crippen LogP) is 7.89. The van der Waals surface area contributed by atoms with E-state index in [4.69, 9.17) is 26.1 Å². The Bertz CT molecular complexity index is 1300. The molecule has 4 rings (SSSR count). The van der Waals surface area contributed by atoms with Gasteiger partial charge in [-0.15, -0.1) is 0 Å². The van der Waals surface area contributed by atoms with Crippen LogP contribution in [0.5, 0.6) is 11.5 Å². The van der Waals surface area contributed by atoms with Crippen molar-refractivity contribution in [2.45, 2.75) is 34.3 Å². The summed E-state index contributed by atoms with van der Waals surface area (Å²) in [7, 11) is 0. The molecule has 3 aromatic carbocycles. The van der Waals surface area contributed by atoms with Gasteiger partial charge in [-0.2, -0.15) is 0 Å². The van der Waals surface area contributed by atoms with Crippen LogP contribution in [0.3, 0.4) is 0 Å². The zero-order chi connectivity index (χ0) is 26.4. The molecule has 7 heteroatoms. The number of hydrogen-bond donors (Lipinski definition) is 0. The first-order chi connectivity index (χ1) is 17.8. The number of amidine groups is 1. The molecule has 1 aliphatic heterocycles. The zero-order valence-corrected chi connectivity index (χ0v) is 23.1. The smallest absolute Gasteiger partial charge is 0.266 e. The van der Waals surface area contributed by atoms with Crippen molar-refractivity contribution in [2.75, 3.05) is 13.2 Å². The van der Waals surface area contributed by atoms with Gasteiger partial charge >= 0.3 is 0 Å². The molecule has 0 spiro atoms. The van der Waals surface area contributed by atoms with Gasteiger partial charge in [0.2, 0.25) is 0 Å². The quantitative estimate of drug-likeness (QED) is 0.262. The van der Waals surface area contributed by atoms with Gasteiger partial charge in [0.15, 0.2) is 16.7 Å². The van der Waals surface area contributed by atoms with Crippen molar-refractivity contribution in [3.8, 4) is 11.5 Å². The lowest BCUT2D eigenvalue weighted by Crippen LogP contribution is -2.32. The average molecular weight is 535 g/mol. The summed E-state index contributed by atoms with van der Waals surface area (Å²) in [5, 5.41) is 1.39. The molecule has 3 aromatic rings. The van der Waals surface area contributed by atoms with E-state index in [1.54, 1.807) is 4.90 Å². The highest BCUT2D eigenvalue weighted by atomic mass is 35.5. The van der Waals surface area contributed by atoms with Gasteiger partial charge in [0, 0.05) is 11.6 Å². The molecule has 0 radical (unpaired) electrons. The molecule has 1 heterocycles. The van der Waals surface area contributed by atoms with Gasteiger partial charge in [0.1, 0.15) is 6.61 Å². The third-order valence-corrected chi connectivity index (χ3v) is 6.83. The number of carbonyl (C=O) groups excluding carboxylic acids is 1. The Morgan fingerprint density at radius 2 is 1.73 bits per heavy atom. The molecule has 0 aliphatic carbocycles. The summed E-state index contributed by atoms with van der Waals surface area (Å²) in [6.07, 6.45) is 1.89. The Kier molecular flexibility index (Phi) is 8.95. The van der Waals surface area contributed by atoms with Crippen molar-refractivity contribution in [3.63, 3.8) is 0 Å². The highest BCUT2D eigenvalue weighted by Gasteiger charge is 2.33. The first-order valence-corrected chi connectivity index (χ1v) is 13.5. The fourth-order valence-electron chi connectivity index (χ4n) is 3.74. The van der Waals surface area contributed by atoms with Crippen LogP contribution in [0.15, 0.2) is 76.6 Å². The second kappa shape index (κ2) is 12.3. The van der Waals surface area contributed by atoms with E-state index in [0.29, 0.717) is 52.3 Å². The number of hydrogen-bond acceptors (Lipinski definition) is 5. The largest absolute Gasteiger partial charge is 0.490 e. The van der Waals surface area contributed by atoms with Crippen LogP contribution >= 0.6 is 23.4 Å². The summed E-state index contributed by atoms with van der Waals surface area (Å²) >= 11 is 7.38. The topological polar surface area (TPSA) is 51.1 Å². The first-order valence-electron chi connectivity index (χ1n) is 12.3. The number of amides is 1. The number of benzene rings is 3. The van der Waals surface area contributed by atoms with E-state index in [0.717, 1.165) is 16.8 Å². The lowest BCUT2D eigenvalue weighted by atomic mass is 10.1. The fourth-order valence-corrected chi connectivity index (χ4v) is 4.88. The second-order valence-corrected chi connectivity index (χ2v) is 10.7. The van der Waals surface area contributed by atoms with Gasteiger partial charge in [0.05, 0.1) is 17.2 Å². The minimum absolute atomic E-state index is 0.0365. The molecular weight excluding hydrogens is 504 g/mol. The van der Waals surface area contributed by atoms with Crippen molar-refractivity contribution in [2.24, 2.45) is 10.9 Å². The summed E-state index contributed by atoms with van der Waals surface area (Å²) in [4.78, 5) is 20.5. The minimum Gasteiger partial charge on any atom is -0.490 e. The molecule has 5 nitrogen and oxygen atoms in total. The first kappa shape index (κ1) is 26.8. The standard InChI is InChI=1S/C30H31ClN2O3S/c1-5-35-27-16-23(10-15-26(27)36-19-22-8-11-24(31)12-9-22)17-28-29(34)33(18-20(2)3)30(37-28)32-25-13-6-21(4)7-14-25/h6-17,20H,5,18-19H2,1-4H3/b28-17+,32-30?. The van der Waals surface area contributed by atoms with Crippen LogP contribution in [0.2, 0.25) is 5.02 Å². The zero-order valence-electron chi connectivity index (χ0n) is 21.5. The van der Waals surface area contributed by atoms with Crippen LogP contribution in [-0.4, -0.2) is 29.1 Å². The molecule has 37 heavy (non-hydrogen) atoms. The van der Waals surface area contributed by atoms with Crippen molar-refractivity contribution >= 4 is 46.2 Å². The predicted molar refractivity (Wildman–Crippen MR) is 154 cm³/mol. The van der Waals surface area contributed by atoms with Crippen LogP contribution in [0, 0.1) is 12.8 Å². The number of aliphatic imine (C=N–C) groups is 1. The van der Waals surface area contributed by atoms with Crippen LogP contribution in [0.4, 0.5) is 5.69 Å². The van der Waals surface area contributed by atoms with E-state index in [-0.39, 0.29) is 5.91 Å². The molecule has 0 atom stereocenters. The number of thioether (sulfide) groups is 1. The van der Waals surface area contributed by atoms with E-state index >= 15 is 0 Å². The number of ether oxygens (including phenoxy) is 2. The normalized spacial score (nSPS) is 15.7. The van der Waals surface area contributed by atoms with E-state index in [1.165, 1.54) is 17.3 Å². The Labute approximate surface area is 228 Å². The monoisotopic (exact) mass is 534 g/mol. The van der Waals surface area contributed by atoms with E-state index in [9.17, 15) is 4.79 Å². The molecule has 0 saturated carbocycles. The van der Waals surface area contributed by atoms with E-state index in [1.807, 2.05) is 86.7 Å². The van der Waals surface area contributed by atoms with Gasteiger partial charge < -0.3 is 9.47 Å². The van der Waals surface area contributed by atoms with Crippen molar-refractivity contribution < 1.29 is 14.3 Å². The summed E-state index contributed by atoms with van der Waals surface area (Å²) in [5.74, 6) is 1.56. The second-order valence-electron chi connectivity index (χ2n) is 9.20. The summed E-state index contributed by atoms with van der Waals surface area (Å²) in [6.45, 7) is 9.68. The summed E-state index contributed by atoms with van der Waals surface area (Å²) in [6, 6.07) is 21.3. The SMILES string of the molecule is CCOc1cc(/C=C2/SC(=Nc3ccc(C)cc3)N(CC(C)C)C2=O)ccc1OCc1ccc(Cl)cc1. The van der Waals surface area contributed by atoms with E-state index in [2.05, 4.69) is 13.8 Å². The number of nitrogens with zero attached hydrogens (tertiary/aromatic N) is 2.